The fraction of sp³-hybridized carbons (Fsp3) is 0.250. The van der Waals surface area contributed by atoms with Crippen molar-refractivity contribution in [3.05, 3.63) is 70.0 Å². The summed E-state index contributed by atoms with van der Waals surface area (Å²) < 4.78 is 1.67. The highest BCUT2D eigenvalue weighted by atomic mass is 32.2. The number of amides is 1. The van der Waals surface area contributed by atoms with E-state index in [1.54, 1.807) is 23.7 Å². The van der Waals surface area contributed by atoms with Crippen molar-refractivity contribution in [2.24, 2.45) is 7.05 Å². The van der Waals surface area contributed by atoms with Gasteiger partial charge in [0.05, 0.1) is 9.82 Å². The van der Waals surface area contributed by atoms with Gasteiger partial charge in [0, 0.05) is 24.4 Å². The molecule has 1 aromatic heterocycles. The molecule has 0 saturated carbocycles. The predicted molar refractivity (Wildman–Crippen MR) is 111 cm³/mol. The van der Waals surface area contributed by atoms with Gasteiger partial charge in [-0.2, -0.15) is 0 Å². The summed E-state index contributed by atoms with van der Waals surface area (Å²) in [5.74, 6) is -0.399. The minimum Gasteiger partial charge on any atom is -0.322 e. The summed E-state index contributed by atoms with van der Waals surface area (Å²) in [5, 5.41) is 22.5. The van der Waals surface area contributed by atoms with Crippen molar-refractivity contribution in [3.63, 3.8) is 0 Å². The third-order valence-electron chi connectivity index (χ3n) is 4.32. The van der Waals surface area contributed by atoms with Crippen LogP contribution >= 0.6 is 11.8 Å². The van der Waals surface area contributed by atoms with Gasteiger partial charge in [0.15, 0.2) is 5.16 Å². The number of nitrogens with one attached hydrogen (secondary N) is 1. The SMILES string of the molecule is CCCCc1ccc(NC(=O)c2ccc(Sc3nncn3C)c([N+](=O)[O-])c2)cc1. The monoisotopic (exact) mass is 411 g/mol. The third kappa shape index (κ3) is 5.20. The van der Waals surface area contributed by atoms with Gasteiger partial charge < -0.3 is 9.88 Å². The minimum atomic E-state index is -0.502. The summed E-state index contributed by atoms with van der Waals surface area (Å²) >= 11 is 1.12. The van der Waals surface area contributed by atoms with Gasteiger partial charge in [-0.25, -0.2) is 0 Å². The van der Waals surface area contributed by atoms with Crippen LogP contribution in [-0.4, -0.2) is 25.6 Å². The predicted octanol–water partition coefficient (Wildman–Crippen LogP) is 4.47. The van der Waals surface area contributed by atoms with Crippen molar-refractivity contribution in [2.45, 2.75) is 36.2 Å². The van der Waals surface area contributed by atoms with Crippen molar-refractivity contribution >= 4 is 29.0 Å². The van der Waals surface area contributed by atoms with Crippen molar-refractivity contribution in [1.29, 1.82) is 0 Å². The number of hydrogen-bond acceptors (Lipinski definition) is 6. The van der Waals surface area contributed by atoms with E-state index in [0.29, 0.717) is 15.7 Å². The average Bonchev–Trinajstić information content (AvgIpc) is 3.12. The van der Waals surface area contributed by atoms with E-state index in [2.05, 4.69) is 22.4 Å². The van der Waals surface area contributed by atoms with Gasteiger partial charge in [-0.05, 0) is 54.4 Å². The maximum atomic E-state index is 12.6. The standard InChI is InChI=1S/C20H21N5O3S/c1-3-4-5-14-6-9-16(10-7-14)22-19(26)15-8-11-18(17(12-15)25(27)28)29-20-23-21-13-24(20)2/h6-13H,3-5H2,1-2H3,(H,22,26). The molecular weight excluding hydrogens is 390 g/mol. The first-order chi connectivity index (χ1) is 14.0. The van der Waals surface area contributed by atoms with Crippen LogP contribution in [0.25, 0.3) is 0 Å². The molecule has 150 valence electrons. The Morgan fingerprint density at radius 3 is 2.62 bits per heavy atom. The highest BCUT2D eigenvalue weighted by Crippen LogP contribution is 2.34. The van der Waals surface area contributed by atoms with Gasteiger partial charge in [-0.3, -0.25) is 14.9 Å². The lowest BCUT2D eigenvalue weighted by Crippen LogP contribution is -2.12. The molecule has 0 radical (unpaired) electrons. The highest BCUT2D eigenvalue weighted by Gasteiger charge is 2.20. The van der Waals surface area contributed by atoms with E-state index >= 15 is 0 Å². The van der Waals surface area contributed by atoms with E-state index in [1.807, 2.05) is 24.3 Å². The number of benzene rings is 2. The summed E-state index contributed by atoms with van der Waals surface area (Å²) in [6, 6.07) is 12.1. The van der Waals surface area contributed by atoms with Crippen molar-refractivity contribution in [3.8, 4) is 0 Å². The maximum absolute atomic E-state index is 12.6. The van der Waals surface area contributed by atoms with Crippen LogP contribution in [-0.2, 0) is 13.5 Å². The van der Waals surface area contributed by atoms with Gasteiger partial charge in [-0.15, -0.1) is 10.2 Å². The second kappa shape index (κ2) is 9.33. The zero-order chi connectivity index (χ0) is 20.8. The first-order valence-electron chi connectivity index (χ1n) is 9.18. The fourth-order valence-corrected chi connectivity index (χ4v) is 3.54. The Kier molecular flexibility index (Phi) is 6.61. The molecule has 29 heavy (non-hydrogen) atoms. The van der Waals surface area contributed by atoms with Crippen molar-refractivity contribution in [1.82, 2.24) is 14.8 Å². The molecule has 1 heterocycles. The van der Waals surface area contributed by atoms with Crippen LogP contribution in [0.2, 0.25) is 0 Å². The van der Waals surface area contributed by atoms with Crippen molar-refractivity contribution < 1.29 is 9.72 Å². The van der Waals surface area contributed by atoms with E-state index in [-0.39, 0.29) is 11.3 Å². The lowest BCUT2D eigenvalue weighted by molar-refractivity contribution is -0.387. The normalized spacial score (nSPS) is 10.7. The second-order valence-corrected chi connectivity index (χ2v) is 7.53. The topological polar surface area (TPSA) is 103 Å². The van der Waals surface area contributed by atoms with Crippen LogP contribution < -0.4 is 5.32 Å². The minimum absolute atomic E-state index is 0.152. The van der Waals surface area contributed by atoms with Gasteiger partial charge in [0.2, 0.25) is 0 Å². The molecule has 0 aliphatic rings. The third-order valence-corrected chi connectivity index (χ3v) is 5.44. The van der Waals surface area contributed by atoms with Crippen LogP contribution in [0.1, 0.15) is 35.7 Å². The number of nitrogens with zero attached hydrogens (tertiary/aromatic N) is 4. The molecule has 0 unspecified atom stereocenters. The van der Waals surface area contributed by atoms with Gasteiger partial charge in [-0.1, -0.05) is 25.5 Å². The summed E-state index contributed by atoms with van der Waals surface area (Å²) in [7, 11) is 1.75. The molecule has 8 nitrogen and oxygen atoms in total. The molecule has 0 spiro atoms. The van der Waals surface area contributed by atoms with E-state index < -0.39 is 10.8 Å². The van der Waals surface area contributed by atoms with E-state index in [9.17, 15) is 14.9 Å². The molecule has 0 aliphatic heterocycles. The number of nitro benzene ring substituents is 1. The largest absolute Gasteiger partial charge is 0.322 e. The van der Waals surface area contributed by atoms with Crippen molar-refractivity contribution in [2.75, 3.05) is 5.32 Å². The lowest BCUT2D eigenvalue weighted by Gasteiger charge is -2.08. The summed E-state index contributed by atoms with van der Waals surface area (Å²) in [6.45, 7) is 2.14. The Bertz CT molecular complexity index is 1020. The Morgan fingerprint density at radius 1 is 1.24 bits per heavy atom. The number of hydrogen-bond donors (Lipinski definition) is 1. The molecule has 0 bridgehead atoms. The highest BCUT2D eigenvalue weighted by molar-refractivity contribution is 7.99. The Labute approximate surface area is 172 Å². The lowest BCUT2D eigenvalue weighted by atomic mass is 10.1. The zero-order valence-corrected chi connectivity index (χ0v) is 17.0. The van der Waals surface area contributed by atoms with Crippen LogP contribution in [0.4, 0.5) is 11.4 Å². The second-order valence-electron chi connectivity index (χ2n) is 6.52. The van der Waals surface area contributed by atoms with Crippen LogP contribution in [0, 0.1) is 10.1 Å². The molecular formula is C20H21N5O3S. The van der Waals surface area contributed by atoms with E-state index in [4.69, 9.17) is 0 Å². The van der Waals surface area contributed by atoms with Gasteiger partial charge in [0.25, 0.3) is 11.6 Å². The van der Waals surface area contributed by atoms with Crippen LogP contribution in [0.5, 0.6) is 0 Å². The first-order valence-corrected chi connectivity index (χ1v) is 10.00. The molecule has 3 aromatic rings. The van der Waals surface area contributed by atoms with Gasteiger partial charge in [0.1, 0.15) is 6.33 Å². The molecule has 0 aliphatic carbocycles. The van der Waals surface area contributed by atoms with E-state index in [1.165, 1.54) is 18.0 Å². The van der Waals surface area contributed by atoms with Gasteiger partial charge >= 0.3 is 0 Å². The number of nitro groups is 1. The molecule has 2 aromatic carbocycles. The zero-order valence-electron chi connectivity index (χ0n) is 16.2. The number of carbonyl (C=O) groups excluding carboxylic acids is 1. The molecule has 3 rings (SSSR count). The Morgan fingerprint density at radius 2 is 2.00 bits per heavy atom. The summed E-state index contributed by atoms with van der Waals surface area (Å²) in [5.41, 5.74) is 1.93. The number of carbonyl (C=O) groups is 1. The molecule has 0 saturated heterocycles. The Balaban J connectivity index is 1.76. The fourth-order valence-electron chi connectivity index (χ4n) is 2.69. The average molecular weight is 411 g/mol. The maximum Gasteiger partial charge on any atom is 0.284 e. The van der Waals surface area contributed by atoms with Crippen LogP contribution in [0.3, 0.4) is 0 Å². The summed E-state index contributed by atoms with van der Waals surface area (Å²) in [6.07, 6.45) is 4.77. The molecule has 1 N–H and O–H groups in total. The summed E-state index contributed by atoms with van der Waals surface area (Å²) in [4.78, 5) is 24.0. The molecule has 1 amide bonds. The first kappa shape index (κ1) is 20.5. The molecule has 0 atom stereocenters. The number of aryl methyl sites for hydroxylation is 2. The Hall–Kier alpha value is -3.20. The number of aromatic nitrogens is 3. The molecule has 0 fully saturated rings. The number of anilines is 1. The quantitative estimate of drug-likeness (QED) is 0.433. The smallest absolute Gasteiger partial charge is 0.284 e. The van der Waals surface area contributed by atoms with E-state index in [0.717, 1.165) is 31.0 Å². The number of rotatable bonds is 8. The number of unbranched alkanes of at least 4 members (excludes halogenated alkanes) is 1. The molecule has 9 heteroatoms. The van der Waals surface area contributed by atoms with Crippen LogP contribution in [0.15, 0.2) is 58.8 Å².